The topological polar surface area (TPSA) is 55.2 Å². The fraction of sp³-hybridized carbons (Fsp3) is 0.211. The Bertz CT molecular complexity index is 1180. The largest absolute Gasteiger partial charge is 0.336 e. The SMILES string of the molecule is CCN(Cc1ccc(Cl)s1)C(=O)Cn1cnc2scc(-c3cccs3)c2c1=O. The van der Waals surface area contributed by atoms with Gasteiger partial charge in [0.15, 0.2) is 0 Å². The zero-order valence-corrected chi connectivity index (χ0v) is 18.1. The van der Waals surface area contributed by atoms with Crippen molar-refractivity contribution in [1.82, 2.24) is 14.5 Å². The number of carbonyl (C=O) groups is 1. The van der Waals surface area contributed by atoms with E-state index >= 15 is 0 Å². The molecule has 0 N–H and O–H groups in total. The number of carbonyl (C=O) groups excluding carboxylic acids is 1. The van der Waals surface area contributed by atoms with Crippen molar-refractivity contribution in [3.05, 3.63) is 60.9 Å². The van der Waals surface area contributed by atoms with Gasteiger partial charge in [0.05, 0.1) is 22.6 Å². The summed E-state index contributed by atoms with van der Waals surface area (Å²) in [7, 11) is 0. The van der Waals surface area contributed by atoms with Crippen molar-refractivity contribution >= 4 is 61.7 Å². The molecule has 4 aromatic heterocycles. The minimum atomic E-state index is -0.182. The minimum absolute atomic E-state index is 0.0333. The Balaban J connectivity index is 1.62. The van der Waals surface area contributed by atoms with Gasteiger partial charge in [-0.1, -0.05) is 17.7 Å². The number of nitrogens with zero attached hydrogens (tertiary/aromatic N) is 3. The summed E-state index contributed by atoms with van der Waals surface area (Å²) in [5.74, 6) is -0.122. The van der Waals surface area contributed by atoms with Gasteiger partial charge in [0, 0.05) is 27.2 Å². The summed E-state index contributed by atoms with van der Waals surface area (Å²) in [4.78, 5) is 34.7. The molecule has 0 aromatic carbocycles. The molecule has 4 rings (SSSR count). The van der Waals surface area contributed by atoms with E-state index < -0.39 is 0 Å². The van der Waals surface area contributed by atoms with E-state index in [4.69, 9.17) is 11.6 Å². The lowest BCUT2D eigenvalue weighted by Crippen LogP contribution is -2.36. The number of hydrogen-bond acceptors (Lipinski definition) is 6. The molecular weight excluding hydrogens is 434 g/mol. The van der Waals surface area contributed by atoms with Crippen molar-refractivity contribution in [2.75, 3.05) is 6.54 Å². The van der Waals surface area contributed by atoms with Crippen molar-refractivity contribution in [2.24, 2.45) is 0 Å². The first kappa shape index (κ1) is 19.3. The van der Waals surface area contributed by atoms with Gasteiger partial charge in [-0.2, -0.15) is 0 Å². The monoisotopic (exact) mass is 449 g/mol. The van der Waals surface area contributed by atoms with Crippen LogP contribution in [0.1, 0.15) is 11.8 Å². The van der Waals surface area contributed by atoms with Gasteiger partial charge in [-0.05, 0) is 30.5 Å². The van der Waals surface area contributed by atoms with Crippen LogP contribution in [0, 0.1) is 0 Å². The summed E-state index contributed by atoms with van der Waals surface area (Å²) < 4.78 is 2.10. The molecular formula is C19H16ClN3O2S3. The van der Waals surface area contributed by atoms with E-state index in [0.29, 0.717) is 27.6 Å². The molecule has 1 amide bonds. The number of hydrogen-bond donors (Lipinski definition) is 0. The Morgan fingerprint density at radius 1 is 1.29 bits per heavy atom. The standard InChI is InChI=1S/C19H16ClN3O2S3/c1-2-22(8-12-5-6-15(20)28-12)16(24)9-23-11-21-18-17(19(23)25)13(10-27-18)14-4-3-7-26-14/h3-7,10-11H,2,8-9H2,1H3. The van der Waals surface area contributed by atoms with Gasteiger partial charge in [0.1, 0.15) is 11.4 Å². The lowest BCUT2D eigenvalue weighted by molar-refractivity contribution is -0.132. The molecule has 0 bridgehead atoms. The first-order valence-corrected chi connectivity index (χ1v) is 11.5. The molecule has 0 unspecified atom stereocenters. The van der Waals surface area contributed by atoms with Gasteiger partial charge < -0.3 is 4.90 Å². The summed E-state index contributed by atoms with van der Waals surface area (Å²) in [6, 6.07) is 7.68. The molecule has 28 heavy (non-hydrogen) atoms. The quantitative estimate of drug-likeness (QED) is 0.418. The highest BCUT2D eigenvalue weighted by Gasteiger charge is 2.18. The predicted octanol–water partition coefficient (Wildman–Crippen LogP) is 4.95. The highest BCUT2D eigenvalue weighted by Crippen LogP contribution is 2.33. The number of rotatable bonds is 6. The van der Waals surface area contributed by atoms with Crippen LogP contribution >= 0.6 is 45.6 Å². The maximum Gasteiger partial charge on any atom is 0.263 e. The summed E-state index contributed by atoms with van der Waals surface area (Å²) in [5, 5.41) is 4.51. The van der Waals surface area contributed by atoms with Gasteiger partial charge in [0.25, 0.3) is 5.56 Å². The van der Waals surface area contributed by atoms with E-state index in [1.54, 1.807) is 16.2 Å². The Morgan fingerprint density at radius 2 is 2.14 bits per heavy atom. The molecule has 0 aliphatic carbocycles. The molecule has 0 fully saturated rings. The zero-order valence-electron chi connectivity index (χ0n) is 14.9. The molecule has 0 aliphatic heterocycles. The third-order valence-electron chi connectivity index (χ3n) is 4.36. The van der Waals surface area contributed by atoms with E-state index in [2.05, 4.69) is 4.98 Å². The summed E-state index contributed by atoms with van der Waals surface area (Å²) in [6.45, 7) is 2.92. The third-order valence-corrected chi connectivity index (χ3v) is 7.37. The smallest absolute Gasteiger partial charge is 0.263 e. The van der Waals surface area contributed by atoms with Gasteiger partial charge >= 0.3 is 0 Å². The first-order chi connectivity index (χ1) is 13.6. The van der Waals surface area contributed by atoms with Gasteiger partial charge in [-0.3, -0.25) is 14.2 Å². The number of aromatic nitrogens is 2. The van der Waals surface area contributed by atoms with Crippen LogP contribution in [-0.2, 0) is 17.9 Å². The molecule has 0 aliphatic rings. The molecule has 0 saturated heterocycles. The third kappa shape index (κ3) is 3.77. The van der Waals surface area contributed by atoms with E-state index in [9.17, 15) is 9.59 Å². The number of amides is 1. The molecule has 9 heteroatoms. The average Bonchev–Trinajstić information content (AvgIpc) is 3.42. The van der Waals surface area contributed by atoms with Crippen molar-refractivity contribution in [3.63, 3.8) is 0 Å². The second-order valence-corrected chi connectivity index (χ2v) is 9.70. The molecule has 4 aromatic rings. The maximum atomic E-state index is 13.1. The van der Waals surface area contributed by atoms with Crippen LogP contribution in [0.2, 0.25) is 4.34 Å². The van der Waals surface area contributed by atoms with Gasteiger partial charge in [-0.25, -0.2) is 4.98 Å². The van der Waals surface area contributed by atoms with E-state index in [-0.39, 0.29) is 18.0 Å². The molecule has 144 valence electrons. The Labute approximate surface area is 178 Å². The van der Waals surface area contributed by atoms with Crippen LogP contribution < -0.4 is 5.56 Å². The van der Waals surface area contributed by atoms with Crippen molar-refractivity contribution < 1.29 is 4.79 Å². The predicted molar refractivity (Wildman–Crippen MR) is 118 cm³/mol. The Morgan fingerprint density at radius 3 is 2.82 bits per heavy atom. The highest BCUT2D eigenvalue weighted by molar-refractivity contribution is 7.18. The lowest BCUT2D eigenvalue weighted by atomic mass is 10.2. The summed E-state index contributed by atoms with van der Waals surface area (Å²) >= 11 is 10.5. The van der Waals surface area contributed by atoms with Crippen LogP contribution in [-0.4, -0.2) is 26.9 Å². The lowest BCUT2D eigenvalue weighted by Gasteiger charge is -2.20. The fourth-order valence-corrected chi connectivity index (χ4v) is 5.76. The van der Waals surface area contributed by atoms with Crippen LogP contribution in [0.25, 0.3) is 20.7 Å². The van der Waals surface area contributed by atoms with E-state index in [0.717, 1.165) is 15.3 Å². The van der Waals surface area contributed by atoms with Gasteiger partial charge in [0.2, 0.25) is 5.91 Å². The molecule has 5 nitrogen and oxygen atoms in total. The zero-order chi connectivity index (χ0) is 19.7. The fourth-order valence-electron chi connectivity index (χ4n) is 2.94. The molecule has 4 heterocycles. The average molecular weight is 450 g/mol. The molecule has 0 spiro atoms. The van der Waals surface area contributed by atoms with Crippen LogP contribution in [0.3, 0.4) is 0 Å². The van der Waals surface area contributed by atoms with Crippen molar-refractivity contribution in [1.29, 1.82) is 0 Å². The molecule has 0 saturated carbocycles. The van der Waals surface area contributed by atoms with Crippen LogP contribution in [0.4, 0.5) is 0 Å². The van der Waals surface area contributed by atoms with Crippen molar-refractivity contribution in [3.8, 4) is 10.4 Å². The molecule has 0 atom stereocenters. The Hall–Kier alpha value is -2.00. The maximum absolute atomic E-state index is 13.1. The Kier molecular flexibility index (Phi) is 5.63. The normalized spacial score (nSPS) is 11.2. The highest BCUT2D eigenvalue weighted by atomic mass is 35.5. The second kappa shape index (κ2) is 8.16. The van der Waals surface area contributed by atoms with Crippen LogP contribution in [0.5, 0.6) is 0 Å². The number of thiophene rings is 3. The summed E-state index contributed by atoms with van der Waals surface area (Å²) in [5.41, 5.74) is 0.702. The van der Waals surface area contributed by atoms with Crippen LogP contribution in [0.15, 0.2) is 46.1 Å². The molecule has 0 radical (unpaired) electrons. The number of fused-ring (bicyclic) bond motifs is 1. The second-order valence-electron chi connectivity index (χ2n) is 6.10. The van der Waals surface area contributed by atoms with Gasteiger partial charge in [-0.15, -0.1) is 34.0 Å². The van der Waals surface area contributed by atoms with Crippen molar-refractivity contribution in [2.45, 2.75) is 20.0 Å². The minimum Gasteiger partial charge on any atom is -0.336 e. The first-order valence-electron chi connectivity index (χ1n) is 8.59. The van der Waals surface area contributed by atoms with E-state index in [1.807, 2.05) is 41.9 Å². The number of likely N-dealkylation sites (N-methyl/N-ethyl adjacent to an activating group) is 1. The van der Waals surface area contributed by atoms with E-state index in [1.165, 1.54) is 33.6 Å². The number of halogens is 1. The summed E-state index contributed by atoms with van der Waals surface area (Å²) in [6.07, 6.45) is 1.47.